The maximum atomic E-state index is 13.1. The van der Waals surface area contributed by atoms with Crippen LogP contribution in [0.2, 0.25) is 0 Å². The number of benzene rings is 7. The molecule has 0 atom stereocenters. The summed E-state index contributed by atoms with van der Waals surface area (Å²) < 4.78 is 220. The number of hydrogen-bond donors (Lipinski definition) is 1. The number of aromatic hydroxyl groups is 1. The molecule has 9 aromatic rings. The van der Waals surface area contributed by atoms with Gasteiger partial charge in [0, 0.05) is 57.2 Å². The van der Waals surface area contributed by atoms with Crippen LogP contribution >= 0.6 is 0 Å². The molecule has 0 unspecified atom stereocenters. The first-order valence-electron chi connectivity index (χ1n) is 34.5. The number of fused-ring (bicyclic) bond motifs is 1. The minimum Gasteiger partial charge on any atom is -0.507 e. The lowest BCUT2D eigenvalue weighted by atomic mass is 9.79. The molecule has 0 saturated carbocycles. The van der Waals surface area contributed by atoms with Crippen LogP contribution in [-0.4, -0.2) is 19.6 Å². The summed E-state index contributed by atoms with van der Waals surface area (Å²) in [4.78, 5) is 9.81. The summed E-state index contributed by atoms with van der Waals surface area (Å²) in [5.41, 5.74) is -6.57. The van der Waals surface area contributed by atoms with Crippen molar-refractivity contribution in [3.63, 3.8) is 0 Å². The number of pyridine rings is 1. The van der Waals surface area contributed by atoms with E-state index in [4.69, 9.17) is 40.1 Å². The number of phenolic OH excluding ortho intramolecular Hbond substituents is 1. The smallest absolute Gasteiger partial charge is 0.149 e. The van der Waals surface area contributed by atoms with Crippen molar-refractivity contribution in [3.8, 4) is 78.6 Å². The Morgan fingerprint density at radius 3 is 1.97 bits per heavy atom. The number of aryl methyl sites for hydroxylation is 2. The molecular formula is C64H65N3O. The molecule has 4 heteroatoms. The first-order chi connectivity index (χ1) is 42.6. The van der Waals surface area contributed by atoms with E-state index in [9.17, 15) is 9.22 Å². The van der Waals surface area contributed by atoms with E-state index in [1.54, 1.807) is 80.7 Å². The zero-order valence-corrected chi connectivity index (χ0v) is 37.9. The van der Waals surface area contributed by atoms with Crippen LogP contribution in [0, 0.1) is 13.7 Å². The maximum Gasteiger partial charge on any atom is 0.149 e. The summed E-state index contributed by atoms with van der Waals surface area (Å²) in [6, 6.07) is 39.7. The molecule has 0 fully saturated rings. The van der Waals surface area contributed by atoms with Crippen LogP contribution in [0.15, 0.2) is 158 Å². The van der Waals surface area contributed by atoms with E-state index in [0.717, 1.165) is 10.1 Å². The molecule has 342 valence electrons. The van der Waals surface area contributed by atoms with Crippen LogP contribution in [0.3, 0.4) is 0 Å². The van der Waals surface area contributed by atoms with E-state index in [1.165, 1.54) is 30.3 Å². The molecular weight excluding hydrogens is 827 g/mol. The molecule has 0 bridgehead atoms. The van der Waals surface area contributed by atoms with Crippen LogP contribution in [0.5, 0.6) is 5.75 Å². The standard InChI is InChI=1S/C64H65N3O/c1-39(2)47-30-48(40(3)4)32-50(31-47)45-25-26-58(42(6)29-45)67-59-20-16-19-54(60(59)66-62(67)55-37-53(63(7,8)9)38-56(61(55)68)64(10,11)12)51-33-49(43-17-14-13-15-18-43)34-52(35-51)57-36-46(27-28-65-57)44-23-21-41(5)22-24-44/h13-40,68H,1-12H3/i5D3,6D3,7D3,8D3,9D3,10D3,11D3,12D3,39D. The highest BCUT2D eigenvalue weighted by Crippen LogP contribution is 2.45. The zero-order valence-electron chi connectivity index (χ0n) is 62.9. The molecule has 1 N–H and O–H groups in total. The molecule has 9 rings (SSSR count). The Kier molecular flexibility index (Phi) is 6.53. The van der Waals surface area contributed by atoms with E-state index in [2.05, 4.69) is 0 Å². The lowest BCUT2D eigenvalue weighted by Crippen LogP contribution is -2.17. The number of hydrogen-bond acceptors (Lipinski definition) is 3. The van der Waals surface area contributed by atoms with Gasteiger partial charge in [-0.2, -0.15) is 0 Å². The summed E-state index contributed by atoms with van der Waals surface area (Å²) >= 11 is 0. The highest BCUT2D eigenvalue weighted by Gasteiger charge is 2.29. The summed E-state index contributed by atoms with van der Waals surface area (Å²) in [5, 5.41) is 13.1. The first kappa shape index (κ1) is 24.8. The third kappa shape index (κ3) is 9.05. The molecule has 4 nitrogen and oxygen atoms in total. The van der Waals surface area contributed by atoms with Gasteiger partial charge in [-0.05, 0) is 152 Å². The number of nitrogens with zero attached hydrogens (tertiary/aromatic N) is 3. The van der Waals surface area contributed by atoms with E-state index >= 15 is 0 Å². The van der Waals surface area contributed by atoms with Crippen LogP contribution < -0.4 is 0 Å². The Hall–Kier alpha value is -7.04. The molecule has 0 aliphatic heterocycles. The molecule has 0 amide bonds. The lowest BCUT2D eigenvalue weighted by Gasteiger charge is -2.27. The van der Waals surface area contributed by atoms with Crippen molar-refractivity contribution < 1.29 is 39.4 Å². The Bertz CT molecular complexity index is 4220. The molecule has 0 saturated heterocycles. The fraction of sp³-hybridized carbons (Fsp3) is 0.250. The highest BCUT2D eigenvalue weighted by molar-refractivity contribution is 5.98. The van der Waals surface area contributed by atoms with Crippen molar-refractivity contribution >= 4 is 11.0 Å². The minimum atomic E-state index is -4.28. The second-order valence-corrected chi connectivity index (χ2v) is 17.8. The molecule has 0 aliphatic rings. The van der Waals surface area contributed by atoms with Crippen molar-refractivity contribution in [1.29, 1.82) is 0 Å². The van der Waals surface area contributed by atoms with Gasteiger partial charge in [-0.3, -0.25) is 9.55 Å². The Balaban J connectivity index is 1.48. The minimum absolute atomic E-state index is 0.0260. The number of aromatic nitrogens is 3. The maximum absolute atomic E-state index is 13.1. The summed E-state index contributed by atoms with van der Waals surface area (Å²) in [5.74, 6) is -3.43. The van der Waals surface area contributed by atoms with E-state index in [-0.39, 0.29) is 39.8 Å². The third-order valence-electron chi connectivity index (χ3n) is 12.3. The van der Waals surface area contributed by atoms with Crippen LogP contribution in [-0.2, 0) is 10.8 Å². The van der Waals surface area contributed by atoms with Crippen molar-refractivity contribution in [1.82, 2.24) is 14.5 Å². The predicted octanol–water partition coefficient (Wildman–Crippen LogP) is 17.6. The van der Waals surface area contributed by atoms with Crippen LogP contribution in [0.1, 0.15) is 148 Å². The quantitative estimate of drug-likeness (QED) is 0.157. The number of rotatable bonds is 9. The molecule has 2 heterocycles. The molecule has 0 aliphatic carbocycles. The van der Waals surface area contributed by atoms with Gasteiger partial charge in [0.25, 0.3) is 0 Å². The summed E-state index contributed by atoms with van der Waals surface area (Å²) in [6.45, 7) is -23.4. The van der Waals surface area contributed by atoms with Crippen LogP contribution in [0.25, 0.3) is 83.9 Å². The van der Waals surface area contributed by atoms with Gasteiger partial charge in [-0.25, -0.2) is 4.98 Å². The zero-order chi connectivity index (χ0) is 69.2. The van der Waals surface area contributed by atoms with Gasteiger partial charge < -0.3 is 5.11 Å². The van der Waals surface area contributed by atoms with Gasteiger partial charge in [0.05, 0.1) is 28.0 Å². The lowest BCUT2D eigenvalue weighted by molar-refractivity contribution is 0.446. The molecule has 68 heavy (non-hydrogen) atoms. The van der Waals surface area contributed by atoms with E-state index in [0.29, 0.717) is 61.8 Å². The van der Waals surface area contributed by atoms with Crippen molar-refractivity contribution in [3.05, 3.63) is 191 Å². The average Bonchev–Trinajstić information content (AvgIpc) is 1.15. The molecule has 2 aromatic heterocycles. The summed E-state index contributed by atoms with van der Waals surface area (Å²) in [7, 11) is 0. The fourth-order valence-corrected chi connectivity index (χ4v) is 8.57. The normalized spacial score (nSPS) is 19.2. The SMILES string of the molecule is [2H]C([2H])([2H])c1ccc(-c2ccnc(-c3cc(-c4ccccc4)cc(-c4cccc5c4nc(-c4cc(C(C([2H])([2H])[2H])(C([2H])([2H])[2H])C([2H])([2H])[2H])cc(C(C([2H])([2H])[2H])(C([2H])([2H])[2H])C([2H])([2H])[2H])c4O)n5-c4ccc(-c5cc(C(C)C)cc(C([2H])(C)C)c5)cc4C([2H])([2H])[2H])c3)c2)cc1. The van der Waals surface area contributed by atoms with Gasteiger partial charge in [-0.15, -0.1) is 0 Å². The summed E-state index contributed by atoms with van der Waals surface area (Å²) in [6.07, 6.45) is 1.57. The fourth-order valence-electron chi connectivity index (χ4n) is 8.57. The first-order valence-corrected chi connectivity index (χ1v) is 22.0. The van der Waals surface area contributed by atoms with Crippen molar-refractivity contribution in [2.24, 2.45) is 0 Å². The Morgan fingerprint density at radius 1 is 0.559 bits per heavy atom. The third-order valence-corrected chi connectivity index (χ3v) is 12.3. The monoisotopic (exact) mass is 917 g/mol. The Morgan fingerprint density at radius 2 is 1.25 bits per heavy atom. The largest absolute Gasteiger partial charge is 0.507 e. The second kappa shape index (κ2) is 17.9. The van der Waals surface area contributed by atoms with Gasteiger partial charge in [-0.1, -0.05) is 171 Å². The van der Waals surface area contributed by atoms with Crippen molar-refractivity contribution in [2.45, 2.75) is 105 Å². The predicted molar refractivity (Wildman–Crippen MR) is 288 cm³/mol. The van der Waals surface area contributed by atoms with Crippen LogP contribution in [0.4, 0.5) is 0 Å². The van der Waals surface area contributed by atoms with E-state index < -0.39 is 105 Å². The molecule has 0 radical (unpaired) electrons. The van der Waals surface area contributed by atoms with Gasteiger partial charge in [0.2, 0.25) is 0 Å². The number of imidazole rings is 1. The van der Waals surface area contributed by atoms with Gasteiger partial charge in [0.15, 0.2) is 0 Å². The van der Waals surface area contributed by atoms with Gasteiger partial charge in [0.1, 0.15) is 11.6 Å². The highest BCUT2D eigenvalue weighted by atomic mass is 16.3. The number of para-hydroxylation sites is 1. The van der Waals surface area contributed by atoms with E-state index in [1.807, 2.05) is 62.4 Å². The van der Waals surface area contributed by atoms with Crippen molar-refractivity contribution in [2.75, 3.05) is 0 Å². The topological polar surface area (TPSA) is 50.9 Å². The Labute approximate surface area is 439 Å². The van der Waals surface area contributed by atoms with Gasteiger partial charge >= 0.3 is 0 Å². The molecule has 0 spiro atoms. The second-order valence-electron chi connectivity index (χ2n) is 17.8. The average molecular weight is 917 g/mol. The number of phenols is 1. The molecule has 7 aromatic carbocycles.